The Kier molecular flexibility index (Phi) is 24.8. The van der Waals surface area contributed by atoms with E-state index in [1.54, 1.807) is 35.6 Å². The van der Waals surface area contributed by atoms with Gasteiger partial charge in [0.15, 0.2) is 50.2 Å². The Morgan fingerprint density at radius 3 is 1.15 bits per heavy atom. The van der Waals surface area contributed by atoms with E-state index in [2.05, 4.69) is 41.4 Å². The van der Waals surface area contributed by atoms with Crippen molar-refractivity contribution in [2.75, 3.05) is 21.3 Å². The van der Waals surface area contributed by atoms with Gasteiger partial charge in [0.25, 0.3) is 0 Å². The van der Waals surface area contributed by atoms with Gasteiger partial charge in [0.05, 0.1) is 38.0 Å². The number of rotatable bonds is 17. The van der Waals surface area contributed by atoms with Crippen molar-refractivity contribution >= 4 is 96.9 Å². The first-order chi connectivity index (χ1) is 44.5. The number of amides is 4. The molecule has 5 aromatic rings. The number of carbonyl (C=O) groups excluding carboxylic acids is 4. The Morgan fingerprint density at radius 1 is 0.464 bits per heavy atom. The number of nitrogens with one attached hydrogen (secondary N) is 4. The van der Waals surface area contributed by atoms with Gasteiger partial charge < -0.3 is 21.3 Å². The van der Waals surface area contributed by atoms with Crippen LogP contribution in [0, 0.1) is 0 Å². The van der Waals surface area contributed by atoms with Crippen LogP contribution in [0.2, 0.25) is 0 Å². The summed E-state index contributed by atoms with van der Waals surface area (Å²) >= 11 is 0.606. The maximum atomic E-state index is 12.9. The number of carbonyl (C=O) groups is 4. The smallest absolute Gasteiger partial charge is 0.310 e. The summed E-state index contributed by atoms with van der Waals surface area (Å²) in [4.78, 5) is 57.0. The van der Waals surface area contributed by atoms with E-state index < -0.39 is 127 Å². The summed E-state index contributed by atoms with van der Waals surface area (Å²) < 4.78 is 174. The highest BCUT2D eigenvalue weighted by atomic mass is 32.2. The van der Waals surface area contributed by atoms with Crippen LogP contribution in [0.1, 0.15) is 196 Å². The van der Waals surface area contributed by atoms with Crippen LogP contribution in [-0.2, 0) is 90.4 Å². The lowest BCUT2D eigenvalue weighted by Crippen LogP contribution is -2.48. The highest BCUT2D eigenvalue weighted by molar-refractivity contribution is 7.95. The summed E-state index contributed by atoms with van der Waals surface area (Å²) in [5.41, 5.74) is 0.289. The maximum absolute atomic E-state index is 12.9. The zero-order valence-electron chi connectivity index (χ0n) is 56.9. The van der Waals surface area contributed by atoms with Gasteiger partial charge in [0.1, 0.15) is 36.4 Å². The number of halogens is 6. The molecule has 4 amide bonds. The molecule has 0 atom stereocenters. The third kappa shape index (κ3) is 18.2. The fourth-order valence-corrected chi connectivity index (χ4v) is 20.5. The van der Waals surface area contributed by atoms with Crippen LogP contribution >= 0.6 is 11.3 Å². The highest BCUT2D eigenvalue weighted by Crippen LogP contribution is 2.39. The molecule has 4 aliphatic rings. The van der Waals surface area contributed by atoms with Crippen LogP contribution in [0.3, 0.4) is 0 Å². The molecule has 0 saturated heterocycles. The van der Waals surface area contributed by atoms with Crippen molar-refractivity contribution in [1.82, 2.24) is 29.5 Å². The summed E-state index contributed by atoms with van der Waals surface area (Å²) in [7, 11) is -11.1. The average molecular weight is 1470 g/mol. The molecule has 4 saturated carbocycles. The van der Waals surface area contributed by atoms with Crippen molar-refractivity contribution < 1.29 is 79.2 Å². The average Bonchev–Trinajstić information content (AvgIpc) is 1.77. The lowest BCUT2D eigenvalue weighted by molar-refractivity contribution is -0.141. The van der Waals surface area contributed by atoms with Gasteiger partial charge in [0.2, 0.25) is 23.6 Å². The van der Waals surface area contributed by atoms with E-state index in [0.29, 0.717) is 80.5 Å². The zero-order chi connectivity index (χ0) is 72.9. The van der Waals surface area contributed by atoms with Crippen LogP contribution in [-0.4, -0.2) is 127 Å². The van der Waals surface area contributed by atoms with Gasteiger partial charge in [-0.1, -0.05) is 102 Å². The van der Waals surface area contributed by atoms with Crippen molar-refractivity contribution in [1.29, 1.82) is 0 Å². The van der Waals surface area contributed by atoms with Crippen molar-refractivity contribution in [2.24, 2.45) is 14.1 Å². The second-order valence-corrected chi connectivity index (χ2v) is 39.8. The second kappa shape index (κ2) is 30.3. The van der Waals surface area contributed by atoms with Crippen molar-refractivity contribution in [3.8, 4) is 11.3 Å². The number of pyridine rings is 1. The minimum absolute atomic E-state index is 0.123. The summed E-state index contributed by atoms with van der Waals surface area (Å²) in [6.07, 6.45) is 2.96. The Bertz CT molecular complexity index is 4060. The van der Waals surface area contributed by atoms with Crippen LogP contribution in [0.15, 0.2) is 66.2 Å². The fraction of sp³-hybridized carbons (Fsp3) is 0.625. The van der Waals surface area contributed by atoms with Crippen LogP contribution in [0.25, 0.3) is 11.3 Å². The fourth-order valence-electron chi connectivity index (χ4n) is 11.4. The molecule has 33 heteroatoms. The molecule has 0 unspecified atom stereocenters. The molecule has 0 bridgehead atoms. The van der Waals surface area contributed by atoms with Crippen molar-refractivity contribution in [3.05, 3.63) is 83.1 Å². The zero-order valence-corrected chi connectivity index (χ0v) is 60.9. The molecule has 1 aromatic carbocycles. The predicted octanol–water partition coefficient (Wildman–Crippen LogP) is 12.4. The number of benzene rings is 1. The molecule has 97 heavy (non-hydrogen) atoms. The van der Waals surface area contributed by atoms with E-state index in [1.807, 2.05) is 51.1 Å². The van der Waals surface area contributed by atoms with Gasteiger partial charge in [-0.15, -0.1) is 11.3 Å². The molecule has 22 nitrogen and oxygen atoms in total. The maximum Gasteiger partial charge on any atom is 0.434 e. The van der Waals surface area contributed by atoms with Crippen LogP contribution in [0.5, 0.6) is 0 Å². The number of alkyl halides is 6. The van der Waals surface area contributed by atoms with E-state index in [1.165, 1.54) is 55.4 Å². The predicted molar refractivity (Wildman–Crippen MR) is 362 cm³/mol. The first-order valence-corrected chi connectivity index (χ1v) is 39.0. The first kappa shape index (κ1) is 79.7. The number of thiazole rings is 1. The second-order valence-electron chi connectivity index (χ2n) is 27.8. The largest absolute Gasteiger partial charge is 0.434 e. The van der Waals surface area contributed by atoms with Gasteiger partial charge in [-0.2, -0.15) is 36.5 Å². The topological polar surface area (TPSA) is 314 Å². The minimum atomic E-state index is -4.61. The van der Waals surface area contributed by atoms with Gasteiger partial charge >= 0.3 is 12.4 Å². The van der Waals surface area contributed by atoms with Crippen LogP contribution < -0.4 is 21.3 Å². The Labute approximate surface area is 568 Å². The summed E-state index contributed by atoms with van der Waals surface area (Å²) in [5, 5.41) is 17.4. The minimum Gasteiger partial charge on any atom is -0.310 e. The van der Waals surface area contributed by atoms with E-state index in [9.17, 15) is 79.2 Å². The molecular formula is C64H90F6N10O12S5. The quantitative estimate of drug-likeness (QED) is 0.0629. The number of aromatic nitrogens is 6. The summed E-state index contributed by atoms with van der Waals surface area (Å²) in [5.74, 6) is -1.83. The standard InChI is InChI=1S/C19H25N3O3S.C17H29N3O3S.C15H19F3N2O3S.C13H17F3N2O3S2/c1-19(2,26(24,25)15-11-7-8-12-15)18(23)20-17-13-16(21-22(17)3)14-9-5-4-6-10-14;1-16(2,3)13-11-14(20(6)19-13)18-15(21)17(4,5)24(22,23)12-9-7-8-10-12;1-14(2,24(22,23)11-5-3-4-6-11)13(21)20-12-8-7-10(9-19-12)15(16,17)18;1-12(2,23(20,21)8-5-3-4-6-8)10(19)18-11-17-9(7-22-11)13(14,15)16/h4-6,9-10,13,15H,7-8,11-12H2,1-3H3,(H,20,23);11-12H,7-10H2,1-6H3,(H,18,21);7-9,11H,3-6H2,1-2H3,(H,19,20,21);7-8H,3-6H2,1-2H3,(H,17,18,19). The molecule has 540 valence electrons. The van der Waals surface area contributed by atoms with E-state index in [4.69, 9.17) is 0 Å². The molecule has 4 N–H and O–H groups in total. The SMILES string of the molecule is CC(C)(C(=O)Nc1ccc(C(F)(F)F)cn1)S(=O)(=O)C1CCCC1.CC(C)(C(=O)Nc1nc(C(F)(F)F)cs1)S(=O)(=O)C1CCCC1.Cn1nc(-c2ccccc2)cc1NC(=O)C(C)(C)S(=O)(=O)C1CCCC1.Cn1nc(C(C)(C)C)cc1NC(=O)C(C)(C)S(=O)(=O)C1CCCC1. The first-order valence-electron chi connectivity index (χ1n) is 31.9. The van der Waals surface area contributed by atoms with E-state index in [0.717, 1.165) is 85.8 Å². The lowest BCUT2D eigenvalue weighted by Gasteiger charge is -2.27. The van der Waals surface area contributed by atoms with Gasteiger partial charge in [0, 0.05) is 48.8 Å². The number of hydrogen-bond donors (Lipinski definition) is 4. The van der Waals surface area contributed by atoms with E-state index >= 15 is 0 Å². The number of sulfone groups is 4. The molecule has 0 aliphatic heterocycles. The molecule has 0 spiro atoms. The molecule has 4 fully saturated rings. The third-order valence-electron chi connectivity index (χ3n) is 18.4. The van der Waals surface area contributed by atoms with Crippen molar-refractivity contribution in [2.45, 2.75) is 237 Å². The highest BCUT2D eigenvalue weighted by Gasteiger charge is 2.51. The Morgan fingerprint density at radius 2 is 0.825 bits per heavy atom. The lowest BCUT2D eigenvalue weighted by atomic mass is 9.92. The monoisotopic (exact) mass is 1460 g/mol. The molecular weight excluding hydrogens is 1380 g/mol. The number of aryl methyl sites for hydroxylation is 2. The third-order valence-corrected chi connectivity index (χ3v) is 31.0. The van der Waals surface area contributed by atoms with Crippen molar-refractivity contribution in [3.63, 3.8) is 0 Å². The molecule has 4 aliphatic carbocycles. The molecule has 4 heterocycles. The Balaban J connectivity index is 0.000000205. The summed E-state index contributed by atoms with van der Waals surface area (Å²) in [6, 6.07) is 15.0. The number of nitrogens with zero attached hydrogens (tertiary/aromatic N) is 6. The van der Waals surface area contributed by atoms with E-state index in [-0.39, 0.29) is 16.4 Å². The normalized spacial score (nSPS) is 16.9. The Hall–Kier alpha value is -6.32. The van der Waals surface area contributed by atoms with Gasteiger partial charge in [-0.3, -0.25) is 28.5 Å². The number of anilines is 4. The number of hydrogen-bond acceptors (Lipinski definition) is 17. The van der Waals surface area contributed by atoms with Crippen LogP contribution in [0.4, 0.5) is 48.9 Å². The van der Waals surface area contributed by atoms with Gasteiger partial charge in [-0.25, -0.2) is 43.6 Å². The molecule has 4 aromatic heterocycles. The van der Waals surface area contributed by atoms with Gasteiger partial charge in [-0.05, 0) is 119 Å². The summed E-state index contributed by atoms with van der Waals surface area (Å²) in [6.45, 7) is 17.2. The molecule has 9 rings (SSSR count). The molecule has 0 radical (unpaired) electrons.